The van der Waals surface area contributed by atoms with Gasteiger partial charge in [0.2, 0.25) is 5.95 Å². The number of methoxy groups -OCH3 is 1. The number of allylic oxidation sites excluding steroid dienone is 7. The minimum absolute atomic E-state index is 0.0289. The normalized spacial score (nSPS) is 15.2. The van der Waals surface area contributed by atoms with Crippen molar-refractivity contribution in [1.29, 1.82) is 0 Å². The smallest absolute Gasteiger partial charge is 0.306 e. The van der Waals surface area contributed by atoms with Crippen molar-refractivity contribution in [3.8, 4) is 0 Å². The average Bonchev–Trinajstić information content (AvgIpc) is 2.94. The lowest BCUT2D eigenvalue weighted by Crippen LogP contribution is -2.19. The van der Waals surface area contributed by atoms with E-state index >= 15 is 0 Å². The van der Waals surface area contributed by atoms with Gasteiger partial charge in [-0.2, -0.15) is 0 Å². The Kier molecular flexibility index (Phi) is 15.3. The molecule has 0 unspecified atom stereocenters. The Morgan fingerprint density at radius 2 is 1.88 bits per heavy atom. The lowest BCUT2D eigenvalue weighted by atomic mass is 9.90. The second-order valence-corrected chi connectivity index (χ2v) is 9.43. The number of ketones is 1. The molecule has 0 saturated heterocycles. The van der Waals surface area contributed by atoms with Gasteiger partial charge in [-0.15, -0.1) is 0 Å². The zero-order valence-electron chi connectivity index (χ0n) is 24.4. The third kappa shape index (κ3) is 12.1. The van der Waals surface area contributed by atoms with E-state index < -0.39 is 5.97 Å². The van der Waals surface area contributed by atoms with Crippen LogP contribution in [0.15, 0.2) is 83.0 Å². The highest BCUT2D eigenvalue weighted by atomic mass is 16.5. The summed E-state index contributed by atoms with van der Waals surface area (Å²) in [6.07, 6.45) is 15.3. The average molecular weight is 550 g/mol. The maximum Gasteiger partial charge on any atom is 0.306 e. The Labute approximate surface area is 238 Å². The standard InChI is InChI=1S/C24H31N5O2.C7H12O2/c1-8-12-26-14-18(5)21-11-13-27-24(29-21)28-15-20(19(6)25)23(30)17(4)9-10-22(31-7)16(2)3;8-7(9)6-4-2-1-3-5-6/h8-14H,2,5,15,25H2,1,3-4,6-7H3,(H,27,28,29);6H,1-5H2,(H,8,9)/b12-8-,17-9+,20-19-,22-10+,26-14?;. The van der Waals surface area contributed by atoms with Crippen LogP contribution in [0.4, 0.5) is 5.95 Å². The summed E-state index contributed by atoms with van der Waals surface area (Å²) < 4.78 is 5.24. The summed E-state index contributed by atoms with van der Waals surface area (Å²) in [4.78, 5) is 35.9. The van der Waals surface area contributed by atoms with E-state index in [9.17, 15) is 9.59 Å². The number of nitrogens with zero attached hydrogens (tertiary/aromatic N) is 3. The summed E-state index contributed by atoms with van der Waals surface area (Å²) in [6.45, 7) is 15.1. The first-order valence-corrected chi connectivity index (χ1v) is 13.2. The SMILES string of the molecule is C=C(C)/C(=C\C=C(/C)C(=O)/C(CNc1nccc(C(=C)C=N/C=C\C)n1)=C(/C)N)OC.O=C(O)C1CCCCC1. The van der Waals surface area contributed by atoms with Gasteiger partial charge in [-0.05, 0) is 63.8 Å². The number of nitrogens with two attached hydrogens (primary N) is 1. The van der Waals surface area contributed by atoms with Crippen LogP contribution in [0.5, 0.6) is 0 Å². The second kappa shape index (κ2) is 18.1. The number of carbonyl (C=O) groups excluding carboxylic acids is 1. The van der Waals surface area contributed by atoms with Gasteiger partial charge in [0, 0.05) is 42.0 Å². The van der Waals surface area contributed by atoms with Crippen LogP contribution in [0.2, 0.25) is 0 Å². The summed E-state index contributed by atoms with van der Waals surface area (Å²) >= 11 is 0. The number of rotatable bonds is 12. The zero-order chi connectivity index (χ0) is 30.1. The van der Waals surface area contributed by atoms with E-state index in [2.05, 4.69) is 33.4 Å². The van der Waals surface area contributed by atoms with E-state index in [1.54, 1.807) is 57.8 Å². The van der Waals surface area contributed by atoms with Gasteiger partial charge in [-0.1, -0.05) is 44.6 Å². The monoisotopic (exact) mass is 549 g/mol. The molecule has 0 bridgehead atoms. The molecule has 0 spiro atoms. The molecule has 40 heavy (non-hydrogen) atoms. The number of anilines is 1. The van der Waals surface area contributed by atoms with Gasteiger partial charge in [0.25, 0.3) is 0 Å². The quantitative estimate of drug-likeness (QED) is 0.125. The number of ether oxygens (including phenoxy) is 1. The lowest BCUT2D eigenvalue weighted by Gasteiger charge is -2.16. The van der Waals surface area contributed by atoms with Crippen LogP contribution >= 0.6 is 0 Å². The molecular weight excluding hydrogens is 506 g/mol. The Morgan fingerprint density at radius 1 is 1.20 bits per heavy atom. The number of aromatic nitrogens is 2. The fraction of sp³-hybridized carbons (Fsp3) is 0.387. The number of nitrogens with one attached hydrogen (secondary N) is 1. The van der Waals surface area contributed by atoms with Crippen LogP contribution in [0, 0.1) is 5.92 Å². The Balaban J connectivity index is 0.000000747. The predicted molar refractivity (Wildman–Crippen MR) is 163 cm³/mol. The van der Waals surface area contributed by atoms with Gasteiger partial charge in [0.15, 0.2) is 5.78 Å². The molecule has 1 aliphatic carbocycles. The zero-order valence-corrected chi connectivity index (χ0v) is 24.4. The van der Waals surface area contributed by atoms with Crippen molar-refractivity contribution in [3.63, 3.8) is 0 Å². The molecule has 0 amide bonds. The maximum absolute atomic E-state index is 12.9. The molecule has 1 aromatic rings. The number of Topliss-reactive ketones (excluding diaryl/α,β-unsaturated/α-hetero) is 1. The summed E-state index contributed by atoms with van der Waals surface area (Å²) in [7, 11) is 1.56. The first kappa shape index (κ1) is 33.8. The Hall–Kier alpha value is -4.27. The molecule has 1 saturated carbocycles. The maximum atomic E-state index is 12.9. The lowest BCUT2D eigenvalue weighted by molar-refractivity contribution is -0.142. The molecular formula is C31H43N5O4. The van der Waals surface area contributed by atoms with Crippen LogP contribution in [0.3, 0.4) is 0 Å². The van der Waals surface area contributed by atoms with E-state index in [0.29, 0.717) is 39.8 Å². The fourth-order valence-corrected chi connectivity index (χ4v) is 3.72. The number of hydrogen-bond donors (Lipinski definition) is 3. The number of carbonyl (C=O) groups is 2. The van der Waals surface area contributed by atoms with Crippen LogP contribution in [0.1, 0.15) is 65.5 Å². The topological polar surface area (TPSA) is 140 Å². The van der Waals surface area contributed by atoms with Gasteiger partial charge in [0.1, 0.15) is 5.76 Å². The van der Waals surface area contributed by atoms with Crippen molar-refractivity contribution in [2.75, 3.05) is 19.0 Å². The first-order valence-electron chi connectivity index (χ1n) is 13.2. The summed E-state index contributed by atoms with van der Waals surface area (Å²) in [5.74, 6) is 0.146. The van der Waals surface area contributed by atoms with Gasteiger partial charge in [-0.25, -0.2) is 9.97 Å². The Morgan fingerprint density at radius 3 is 2.40 bits per heavy atom. The van der Waals surface area contributed by atoms with Crippen molar-refractivity contribution >= 4 is 29.5 Å². The second-order valence-electron chi connectivity index (χ2n) is 9.43. The van der Waals surface area contributed by atoms with Crippen molar-refractivity contribution in [2.24, 2.45) is 16.6 Å². The molecule has 2 rings (SSSR count). The minimum atomic E-state index is -0.602. The number of carboxylic acid groups (broad SMARTS) is 1. The predicted octanol–water partition coefficient (Wildman–Crippen LogP) is 6.01. The van der Waals surface area contributed by atoms with Crippen molar-refractivity contribution in [1.82, 2.24) is 9.97 Å². The van der Waals surface area contributed by atoms with Crippen LogP contribution in [-0.4, -0.2) is 46.7 Å². The van der Waals surface area contributed by atoms with Crippen LogP contribution < -0.4 is 11.1 Å². The van der Waals surface area contributed by atoms with Crippen molar-refractivity contribution in [3.05, 3.63) is 83.7 Å². The largest absolute Gasteiger partial charge is 0.497 e. The van der Waals surface area contributed by atoms with E-state index in [4.69, 9.17) is 15.6 Å². The van der Waals surface area contributed by atoms with Gasteiger partial charge in [0.05, 0.1) is 18.7 Å². The van der Waals surface area contributed by atoms with Crippen molar-refractivity contribution in [2.45, 2.75) is 59.8 Å². The number of aliphatic imine (C=N–C) groups is 1. The van der Waals surface area contributed by atoms with Crippen LogP contribution in [0.25, 0.3) is 5.57 Å². The molecule has 1 heterocycles. The van der Waals surface area contributed by atoms with Gasteiger partial charge >= 0.3 is 5.97 Å². The minimum Gasteiger partial charge on any atom is -0.497 e. The fourth-order valence-electron chi connectivity index (χ4n) is 3.72. The number of aliphatic carboxylic acids is 1. The summed E-state index contributed by atoms with van der Waals surface area (Å²) in [6, 6.07) is 1.74. The van der Waals surface area contributed by atoms with E-state index in [-0.39, 0.29) is 18.2 Å². The molecule has 9 heteroatoms. The van der Waals surface area contributed by atoms with Crippen LogP contribution in [-0.2, 0) is 14.3 Å². The molecule has 1 aromatic heterocycles. The highest BCUT2D eigenvalue weighted by Crippen LogP contribution is 2.23. The molecule has 4 N–H and O–H groups in total. The Bertz CT molecular complexity index is 1200. The van der Waals surface area contributed by atoms with Gasteiger partial charge < -0.3 is 20.9 Å². The number of hydrogen-bond acceptors (Lipinski definition) is 8. The molecule has 1 aliphatic rings. The molecule has 1 fully saturated rings. The summed E-state index contributed by atoms with van der Waals surface area (Å²) in [5.41, 5.74) is 9.37. The molecule has 0 aromatic carbocycles. The summed E-state index contributed by atoms with van der Waals surface area (Å²) in [5, 5.41) is 11.6. The van der Waals surface area contributed by atoms with E-state index in [0.717, 1.165) is 31.3 Å². The molecule has 216 valence electrons. The third-order valence-electron chi connectivity index (χ3n) is 6.06. The first-order chi connectivity index (χ1) is 19.0. The van der Waals surface area contributed by atoms with Crippen molar-refractivity contribution < 1.29 is 19.4 Å². The molecule has 0 aliphatic heterocycles. The molecule has 0 atom stereocenters. The number of carboxylic acids is 1. The molecule has 0 radical (unpaired) electrons. The van der Waals surface area contributed by atoms with Gasteiger partial charge in [-0.3, -0.25) is 14.6 Å². The third-order valence-corrected chi connectivity index (χ3v) is 6.06. The molecule has 9 nitrogen and oxygen atoms in total. The van der Waals surface area contributed by atoms with E-state index in [1.165, 1.54) is 6.42 Å². The highest BCUT2D eigenvalue weighted by molar-refractivity contribution is 6.09. The highest BCUT2D eigenvalue weighted by Gasteiger charge is 2.19. The van der Waals surface area contributed by atoms with E-state index in [1.807, 2.05) is 19.9 Å².